The molecule has 0 saturated heterocycles. The summed E-state index contributed by atoms with van der Waals surface area (Å²) in [6.45, 7) is 5.32. The maximum atomic E-state index is 5.33. The highest BCUT2D eigenvalue weighted by Gasteiger charge is 1.95. The summed E-state index contributed by atoms with van der Waals surface area (Å²) in [5.74, 6) is 5.33. The zero-order valence-corrected chi connectivity index (χ0v) is 10.9. The number of hydrogen-bond acceptors (Lipinski definition) is 3. The monoisotopic (exact) mass is 225 g/mol. The lowest BCUT2D eigenvalue weighted by molar-refractivity contribution is 0.683. The number of nitrogens with zero attached hydrogens (tertiary/aromatic N) is 2. The first kappa shape index (κ1) is 15.1. The molecule has 0 fully saturated rings. The molecule has 0 amide bonds. The maximum absolute atomic E-state index is 5.33. The average molecular weight is 225 g/mol. The van der Waals surface area contributed by atoms with Gasteiger partial charge in [-0.3, -0.25) is 4.99 Å². The van der Waals surface area contributed by atoms with E-state index in [1.165, 1.54) is 44.9 Å². The Morgan fingerprint density at radius 2 is 1.69 bits per heavy atom. The fraction of sp³-hybridized carbons (Fsp3) is 0.846. The molecule has 0 saturated carbocycles. The Morgan fingerprint density at radius 1 is 1.00 bits per heavy atom. The molecule has 0 aliphatic rings. The number of unbranched alkanes of at least 4 members (excludes halogenated alkanes) is 5. The second-order valence-electron chi connectivity index (χ2n) is 4.17. The number of rotatable bonds is 10. The molecule has 16 heavy (non-hydrogen) atoms. The van der Waals surface area contributed by atoms with Crippen LogP contribution in [0.3, 0.4) is 0 Å². The minimum atomic E-state index is 0.905. The van der Waals surface area contributed by atoms with Crippen molar-refractivity contribution in [3.8, 4) is 0 Å². The third kappa shape index (κ3) is 9.69. The summed E-state index contributed by atoms with van der Waals surface area (Å²) in [6, 6.07) is 0. The highest BCUT2D eigenvalue weighted by Crippen LogP contribution is 2.03. The van der Waals surface area contributed by atoms with Crippen LogP contribution in [0.1, 0.15) is 65.2 Å². The molecule has 0 atom stereocenters. The van der Waals surface area contributed by atoms with Crippen LogP contribution in [0.15, 0.2) is 10.1 Å². The maximum Gasteiger partial charge on any atom is 0.0778 e. The normalized spacial score (nSPS) is 12.5. The minimum absolute atomic E-state index is 0.905. The van der Waals surface area contributed by atoms with E-state index in [1.807, 2.05) is 6.21 Å². The molecule has 0 spiro atoms. The van der Waals surface area contributed by atoms with Crippen molar-refractivity contribution in [2.75, 3.05) is 6.54 Å². The number of hydrazone groups is 1. The first-order valence-electron chi connectivity index (χ1n) is 6.61. The van der Waals surface area contributed by atoms with Gasteiger partial charge >= 0.3 is 0 Å². The molecule has 0 rings (SSSR count). The summed E-state index contributed by atoms with van der Waals surface area (Å²) in [6.07, 6.45) is 11.5. The summed E-state index contributed by atoms with van der Waals surface area (Å²) < 4.78 is 0. The predicted octanol–water partition coefficient (Wildman–Crippen LogP) is 3.53. The van der Waals surface area contributed by atoms with Gasteiger partial charge in [-0.25, -0.2) is 0 Å². The van der Waals surface area contributed by atoms with Crippen molar-refractivity contribution in [1.29, 1.82) is 0 Å². The number of hydrogen-bond donors (Lipinski definition) is 1. The van der Waals surface area contributed by atoms with Crippen LogP contribution in [0.2, 0.25) is 0 Å². The van der Waals surface area contributed by atoms with E-state index in [0.29, 0.717) is 0 Å². The molecule has 0 aromatic carbocycles. The molecule has 0 aliphatic carbocycles. The van der Waals surface area contributed by atoms with E-state index in [1.54, 1.807) is 0 Å². The van der Waals surface area contributed by atoms with E-state index in [9.17, 15) is 0 Å². The smallest absolute Gasteiger partial charge is 0.0778 e. The van der Waals surface area contributed by atoms with Gasteiger partial charge in [0, 0.05) is 12.8 Å². The van der Waals surface area contributed by atoms with Crippen LogP contribution in [0.5, 0.6) is 0 Å². The van der Waals surface area contributed by atoms with Crippen LogP contribution in [0.25, 0.3) is 0 Å². The standard InChI is InChI=1S/C13H27N3/c1-3-5-7-8-10-13(16-14)12-15-11-9-6-4-2/h12H,3-11,14H2,1-2H3. The Labute approximate surface area is 100 Å². The lowest BCUT2D eigenvalue weighted by Gasteiger charge is -1.99. The van der Waals surface area contributed by atoms with Gasteiger partial charge < -0.3 is 5.84 Å². The molecular weight excluding hydrogens is 198 g/mol. The molecule has 3 heteroatoms. The van der Waals surface area contributed by atoms with Crippen molar-refractivity contribution in [3.63, 3.8) is 0 Å². The Kier molecular flexibility index (Phi) is 11.6. The van der Waals surface area contributed by atoms with E-state index < -0.39 is 0 Å². The second kappa shape index (κ2) is 12.2. The third-order valence-electron chi connectivity index (χ3n) is 2.58. The average Bonchev–Trinajstić information content (AvgIpc) is 2.31. The van der Waals surface area contributed by atoms with E-state index >= 15 is 0 Å². The molecule has 0 aromatic heterocycles. The Balaban J connectivity index is 3.58. The molecule has 0 aromatic rings. The zero-order valence-electron chi connectivity index (χ0n) is 10.9. The molecular formula is C13H27N3. The van der Waals surface area contributed by atoms with Crippen molar-refractivity contribution in [2.45, 2.75) is 65.2 Å². The lowest BCUT2D eigenvalue weighted by atomic mass is 10.1. The first-order chi connectivity index (χ1) is 7.85. The fourth-order valence-corrected chi connectivity index (χ4v) is 1.52. The minimum Gasteiger partial charge on any atom is -0.323 e. The number of aliphatic imine (C=N–C) groups is 1. The van der Waals surface area contributed by atoms with Crippen LogP contribution >= 0.6 is 0 Å². The third-order valence-corrected chi connectivity index (χ3v) is 2.58. The molecule has 0 bridgehead atoms. The van der Waals surface area contributed by atoms with Gasteiger partial charge in [0.15, 0.2) is 0 Å². The van der Waals surface area contributed by atoms with Crippen molar-refractivity contribution in [2.24, 2.45) is 15.9 Å². The Morgan fingerprint density at radius 3 is 2.31 bits per heavy atom. The van der Waals surface area contributed by atoms with Crippen LogP contribution < -0.4 is 5.84 Å². The highest BCUT2D eigenvalue weighted by molar-refractivity contribution is 6.30. The molecule has 0 radical (unpaired) electrons. The van der Waals surface area contributed by atoms with Crippen molar-refractivity contribution in [1.82, 2.24) is 0 Å². The molecule has 94 valence electrons. The van der Waals surface area contributed by atoms with E-state index in [-0.39, 0.29) is 0 Å². The lowest BCUT2D eigenvalue weighted by Crippen LogP contribution is -2.04. The van der Waals surface area contributed by atoms with Gasteiger partial charge in [-0.2, -0.15) is 5.10 Å². The van der Waals surface area contributed by atoms with Crippen LogP contribution in [0.4, 0.5) is 0 Å². The largest absolute Gasteiger partial charge is 0.323 e. The SMILES string of the molecule is CCCCCCC(C=NCCCCC)=NN. The number of nitrogens with two attached hydrogens (primary N) is 1. The summed E-state index contributed by atoms with van der Waals surface area (Å²) in [5, 5.41) is 3.77. The Bertz CT molecular complexity index is 197. The van der Waals surface area contributed by atoms with E-state index in [4.69, 9.17) is 5.84 Å². The molecule has 2 N–H and O–H groups in total. The Hall–Kier alpha value is -0.860. The van der Waals surface area contributed by atoms with Crippen molar-refractivity contribution < 1.29 is 0 Å². The summed E-state index contributed by atoms with van der Waals surface area (Å²) in [5.41, 5.74) is 0.938. The van der Waals surface area contributed by atoms with Crippen molar-refractivity contribution >= 4 is 11.9 Å². The molecule has 3 nitrogen and oxygen atoms in total. The van der Waals surface area contributed by atoms with E-state index in [0.717, 1.165) is 18.7 Å². The summed E-state index contributed by atoms with van der Waals surface area (Å²) >= 11 is 0. The first-order valence-corrected chi connectivity index (χ1v) is 6.61. The molecule has 0 heterocycles. The van der Waals surface area contributed by atoms with Crippen LogP contribution in [0, 0.1) is 0 Å². The molecule has 0 aliphatic heterocycles. The quantitative estimate of drug-likeness (QED) is 0.263. The van der Waals surface area contributed by atoms with E-state index in [2.05, 4.69) is 23.9 Å². The van der Waals surface area contributed by atoms with Gasteiger partial charge in [0.2, 0.25) is 0 Å². The van der Waals surface area contributed by atoms with Gasteiger partial charge in [0.1, 0.15) is 0 Å². The van der Waals surface area contributed by atoms with Crippen LogP contribution in [-0.2, 0) is 0 Å². The molecule has 0 unspecified atom stereocenters. The van der Waals surface area contributed by atoms with Crippen LogP contribution in [-0.4, -0.2) is 18.5 Å². The summed E-state index contributed by atoms with van der Waals surface area (Å²) in [4.78, 5) is 4.34. The van der Waals surface area contributed by atoms with Gasteiger partial charge in [0.25, 0.3) is 0 Å². The van der Waals surface area contributed by atoms with Gasteiger partial charge in [-0.1, -0.05) is 46.0 Å². The highest BCUT2D eigenvalue weighted by atomic mass is 15.1. The van der Waals surface area contributed by atoms with Gasteiger partial charge in [0.05, 0.1) is 5.71 Å². The fourth-order valence-electron chi connectivity index (χ4n) is 1.52. The van der Waals surface area contributed by atoms with Gasteiger partial charge in [-0.15, -0.1) is 0 Å². The van der Waals surface area contributed by atoms with Crippen molar-refractivity contribution in [3.05, 3.63) is 0 Å². The predicted molar refractivity (Wildman–Crippen MR) is 73.3 cm³/mol. The second-order valence-corrected chi connectivity index (χ2v) is 4.17. The van der Waals surface area contributed by atoms with Gasteiger partial charge in [-0.05, 0) is 19.3 Å². The zero-order chi connectivity index (χ0) is 12.1. The topological polar surface area (TPSA) is 50.7 Å². The summed E-state index contributed by atoms with van der Waals surface area (Å²) in [7, 11) is 0.